The number of hydrogen-bond donors (Lipinski definition) is 1. The second kappa shape index (κ2) is 6.20. The van der Waals surface area contributed by atoms with Crippen LogP contribution in [0.25, 0.3) is 0 Å². The van der Waals surface area contributed by atoms with Crippen molar-refractivity contribution in [2.24, 2.45) is 0 Å². The number of halogens is 1. The molecule has 0 spiro atoms. The molecule has 0 saturated carbocycles. The van der Waals surface area contributed by atoms with E-state index in [4.69, 9.17) is 11.6 Å². The number of rotatable bonds is 5. The normalized spacial score (nSPS) is 14.8. The molecule has 1 aromatic rings. The third-order valence-corrected chi connectivity index (χ3v) is 2.64. The van der Waals surface area contributed by atoms with Crippen LogP contribution in [0.1, 0.15) is 51.6 Å². The molecule has 0 radical (unpaired) electrons. The summed E-state index contributed by atoms with van der Waals surface area (Å²) >= 11 is 5.98. The van der Waals surface area contributed by atoms with Crippen LogP contribution in [0.4, 0.5) is 5.82 Å². The monoisotopic (exact) mass is 255 g/mol. The van der Waals surface area contributed by atoms with Crippen molar-refractivity contribution < 1.29 is 0 Å². The summed E-state index contributed by atoms with van der Waals surface area (Å²) in [7, 11) is 0. The molecule has 0 aromatic carbocycles. The van der Waals surface area contributed by atoms with Crippen molar-refractivity contribution in [2.75, 3.05) is 5.32 Å². The SMILES string of the molecule is Cc1cc(NC(C)CC(C)Cl)nc(C(C)C)n1. The Bertz CT molecular complexity index is 364. The summed E-state index contributed by atoms with van der Waals surface area (Å²) < 4.78 is 0. The Morgan fingerprint density at radius 3 is 2.41 bits per heavy atom. The number of nitrogens with one attached hydrogen (secondary N) is 1. The molecule has 0 aliphatic carbocycles. The molecule has 0 amide bonds. The Morgan fingerprint density at radius 1 is 1.24 bits per heavy atom. The third kappa shape index (κ3) is 4.90. The standard InChI is InChI=1S/C13H22ClN3/c1-8(2)13-16-11(5)7-12(17-13)15-10(4)6-9(3)14/h7-10H,6H2,1-5H3,(H,15,16,17). The molecule has 0 aliphatic rings. The van der Waals surface area contributed by atoms with Gasteiger partial charge >= 0.3 is 0 Å². The highest BCUT2D eigenvalue weighted by molar-refractivity contribution is 6.20. The molecule has 3 nitrogen and oxygen atoms in total. The largest absolute Gasteiger partial charge is 0.367 e. The van der Waals surface area contributed by atoms with E-state index in [9.17, 15) is 0 Å². The summed E-state index contributed by atoms with van der Waals surface area (Å²) in [6.45, 7) is 10.3. The van der Waals surface area contributed by atoms with E-state index in [-0.39, 0.29) is 5.38 Å². The smallest absolute Gasteiger partial charge is 0.133 e. The average molecular weight is 256 g/mol. The third-order valence-electron chi connectivity index (χ3n) is 2.46. The molecule has 4 heteroatoms. The van der Waals surface area contributed by atoms with Crippen LogP contribution in [0, 0.1) is 6.92 Å². The first kappa shape index (κ1) is 14.2. The number of anilines is 1. The van der Waals surface area contributed by atoms with Crippen LogP contribution in [-0.4, -0.2) is 21.4 Å². The van der Waals surface area contributed by atoms with Crippen LogP contribution >= 0.6 is 11.6 Å². The van der Waals surface area contributed by atoms with Gasteiger partial charge in [0.1, 0.15) is 11.6 Å². The molecule has 0 bridgehead atoms. The molecule has 1 rings (SSSR count). The van der Waals surface area contributed by atoms with Crippen LogP contribution < -0.4 is 5.32 Å². The van der Waals surface area contributed by atoms with Gasteiger partial charge in [0, 0.05) is 29.1 Å². The summed E-state index contributed by atoms with van der Waals surface area (Å²) in [4.78, 5) is 8.94. The van der Waals surface area contributed by atoms with Gasteiger partial charge in [0.25, 0.3) is 0 Å². The van der Waals surface area contributed by atoms with Gasteiger partial charge in [-0.3, -0.25) is 0 Å². The van der Waals surface area contributed by atoms with Gasteiger partial charge in [0.2, 0.25) is 0 Å². The van der Waals surface area contributed by atoms with Crippen LogP contribution in [0.15, 0.2) is 6.07 Å². The molecule has 2 atom stereocenters. The first-order valence-electron chi connectivity index (χ1n) is 6.14. The Hall–Kier alpha value is -0.830. The Morgan fingerprint density at radius 2 is 1.88 bits per heavy atom. The van der Waals surface area contributed by atoms with Crippen molar-refractivity contribution in [3.63, 3.8) is 0 Å². The fourth-order valence-electron chi connectivity index (χ4n) is 1.72. The fraction of sp³-hybridized carbons (Fsp3) is 0.692. The first-order valence-corrected chi connectivity index (χ1v) is 6.58. The van der Waals surface area contributed by atoms with E-state index >= 15 is 0 Å². The molecule has 0 aliphatic heterocycles. The molecule has 96 valence electrons. The van der Waals surface area contributed by atoms with Crippen molar-refractivity contribution in [1.82, 2.24) is 9.97 Å². The van der Waals surface area contributed by atoms with Crippen LogP contribution in [-0.2, 0) is 0 Å². The molecule has 1 aromatic heterocycles. The van der Waals surface area contributed by atoms with Crippen LogP contribution in [0.3, 0.4) is 0 Å². The molecule has 17 heavy (non-hydrogen) atoms. The van der Waals surface area contributed by atoms with Crippen molar-refractivity contribution in [3.05, 3.63) is 17.6 Å². The predicted molar refractivity (Wildman–Crippen MR) is 73.9 cm³/mol. The van der Waals surface area contributed by atoms with Crippen molar-refractivity contribution in [1.29, 1.82) is 0 Å². The summed E-state index contributed by atoms with van der Waals surface area (Å²) in [5.41, 5.74) is 0.998. The number of aromatic nitrogens is 2. The maximum absolute atomic E-state index is 5.98. The van der Waals surface area contributed by atoms with Crippen LogP contribution in [0.5, 0.6) is 0 Å². The second-order valence-electron chi connectivity index (χ2n) is 4.97. The Balaban J connectivity index is 2.77. The lowest BCUT2D eigenvalue weighted by Crippen LogP contribution is -2.20. The lowest BCUT2D eigenvalue weighted by molar-refractivity contribution is 0.688. The molecule has 2 unspecified atom stereocenters. The van der Waals surface area contributed by atoms with E-state index in [0.29, 0.717) is 12.0 Å². The van der Waals surface area contributed by atoms with Gasteiger partial charge in [-0.05, 0) is 27.2 Å². The maximum atomic E-state index is 5.98. The number of nitrogens with zero attached hydrogens (tertiary/aromatic N) is 2. The second-order valence-corrected chi connectivity index (χ2v) is 5.71. The topological polar surface area (TPSA) is 37.8 Å². The van der Waals surface area contributed by atoms with E-state index < -0.39 is 0 Å². The molecular formula is C13H22ClN3. The zero-order valence-corrected chi connectivity index (χ0v) is 12.0. The van der Waals surface area contributed by atoms with Crippen molar-refractivity contribution >= 4 is 17.4 Å². The number of hydrogen-bond acceptors (Lipinski definition) is 3. The van der Waals surface area contributed by atoms with E-state index in [1.165, 1.54) is 0 Å². The minimum Gasteiger partial charge on any atom is -0.367 e. The summed E-state index contributed by atoms with van der Waals surface area (Å²) in [6.07, 6.45) is 0.918. The lowest BCUT2D eigenvalue weighted by Gasteiger charge is -2.17. The summed E-state index contributed by atoms with van der Waals surface area (Å²) in [5.74, 6) is 2.13. The van der Waals surface area contributed by atoms with E-state index in [1.54, 1.807) is 0 Å². The van der Waals surface area contributed by atoms with Gasteiger partial charge < -0.3 is 5.32 Å². The van der Waals surface area contributed by atoms with Gasteiger partial charge in [0.05, 0.1) is 0 Å². The molecule has 1 N–H and O–H groups in total. The van der Waals surface area contributed by atoms with E-state index in [0.717, 1.165) is 23.8 Å². The Labute approximate surface area is 109 Å². The van der Waals surface area contributed by atoms with E-state index in [1.807, 2.05) is 19.9 Å². The van der Waals surface area contributed by atoms with Gasteiger partial charge in [-0.2, -0.15) is 0 Å². The Kier molecular flexibility index (Phi) is 5.19. The highest BCUT2D eigenvalue weighted by atomic mass is 35.5. The molecule has 0 fully saturated rings. The average Bonchev–Trinajstić information content (AvgIpc) is 2.14. The van der Waals surface area contributed by atoms with Crippen LogP contribution in [0.2, 0.25) is 0 Å². The highest BCUT2D eigenvalue weighted by Gasteiger charge is 2.10. The van der Waals surface area contributed by atoms with E-state index in [2.05, 4.69) is 36.1 Å². The maximum Gasteiger partial charge on any atom is 0.133 e. The molecular weight excluding hydrogens is 234 g/mol. The fourth-order valence-corrected chi connectivity index (χ4v) is 1.99. The highest BCUT2D eigenvalue weighted by Crippen LogP contribution is 2.15. The minimum atomic E-state index is 0.171. The van der Waals surface area contributed by atoms with Gasteiger partial charge in [-0.25, -0.2) is 9.97 Å². The minimum absolute atomic E-state index is 0.171. The quantitative estimate of drug-likeness (QED) is 0.815. The number of aryl methyl sites for hydroxylation is 1. The van der Waals surface area contributed by atoms with Crippen molar-refractivity contribution in [3.8, 4) is 0 Å². The predicted octanol–water partition coefficient (Wildman–Crippen LogP) is 3.73. The molecule has 1 heterocycles. The summed E-state index contributed by atoms with van der Waals surface area (Å²) in [6, 6.07) is 2.29. The van der Waals surface area contributed by atoms with Gasteiger partial charge in [-0.15, -0.1) is 11.6 Å². The zero-order valence-electron chi connectivity index (χ0n) is 11.3. The first-order chi connectivity index (χ1) is 7.88. The number of alkyl halides is 1. The lowest BCUT2D eigenvalue weighted by atomic mass is 10.2. The molecule has 0 saturated heterocycles. The van der Waals surface area contributed by atoms with Gasteiger partial charge in [0.15, 0.2) is 0 Å². The zero-order chi connectivity index (χ0) is 13.0. The van der Waals surface area contributed by atoms with Crippen molar-refractivity contribution in [2.45, 2.75) is 58.4 Å². The summed E-state index contributed by atoms with van der Waals surface area (Å²) in [5, 5.41) is 3.55. The van der Waals surface area contributed by atoms with Gasteiger partial charge in [-0.1, -0.05) is 13.8 Å².